The largest absolute Gasteiger partial charge is 0.312 e. The lowest BCUT2D eigenvalue weighted by Crippen LogP contribution is -2.33. The predicted molar refractivity (Wildman–Crippen MR) is 79.7 cm³/mol. The van der Waals surface area contributed by atoms with Crippen molar-refractivity contribution in [3.8, 4) is 0 Å². The van der Waals surface area contributed by atoms with Crippen molar-refractivity contribution in [2.75, 3.05) is 13.3 Å². The Hall–Kier alpha value is -0.390. The normalized spacial score (nSPS) is 15.4. The van der Waals surface area contributed by atoms with Crippen molar-refractivity contribution in [3.63, 3.8) is 0 Å². The standard InChI is InChI=1S/C13H20BrNO2S/c1-8-7-12(14)9(2)6-11(8)13(15-4)10(3)18(5,16)17/h6-7,10,13,15H,1-5H3. The van der Waals surface area contributed by atoms with Crippen molar-refractivity contribution in [2.45, 2.75) is 32.1 Å². The summed E-state index contributed by atoms with van der Waals surface area (Å²) in [5.41, 5.74) is 3.23. The Morgan fingerprint density at radius 3 is 2.22 bits per heavy atom. The summed E-state index contributed by atoms with van der Waals surface area (Å²) in [6.45, 7) is 5.75. The average Bonchev–Trinajstić information content (AvgIpc) is 2.24. The van der Waals surface area contributed by atoms with E-state index in [1.807, 2.05) is 26.0 Å². The van der Waals surface area contributed by atoms with Crippen LogP contribution in [0.2, 0.25) is 0 Å². The first-order valence-corrected chi connectivity index (χ1v) is 8.56. The number of hydrogen-bond acceptors (Lipinski definition) is 3. The average molecular weight is 334 g/mol. The molecule has 0 saturated carbocycles. The first-order valence-electron chi connectivity index (χ1n) is 5.81. The van der Waals surface area contributed by atoms with Crippen LogP contribution in [-0.4, -0.2) is 27.0 Å². The molecule has 102 valence electrons. The van der Waals surface area contributed by atoms with E-state index in [2.05, 4.69) is 21.2 Å². The van der Waals surface area contributed by atoms with Gasteiger partial charge in [0.15, 0.2) is 9.84 Å². The van der Waals surface area contributed by atoms with Gasteiger partial charge in [-0.15, -0.1) is 0 Å². The summed E-state index contributed by atoms with van der Waals surface area (Å²) in [6.07, 6.45) is 1.28. The molecule has 1 rings (SSSR count). The number of hydrogen-bond donors (Lipinski definition) is 1. The van der Waals surface area contributed by atoms with Crippen molar-refractivity contribution in [1.29, 1.82) is 0 Å². The summed E-state index contributed by atoms with van der Waals surface area (Å²) in [6, 6.07) is 3.89. The van der Waals surface area contributed by atoms with Crippen LogP contribution in [0.25, 0.3) is 0 Å². The Labute approximate surface area is 118 Å². The molecule has 18 heavy (non-hydrogen) atoms. The van der Waals surface area contributed by atoms with Gasteiger partial charge in [-0.3, -0.25) is 0 Å². The van der Waals surface area contributed by atoms with Crippen LogP contribution in [0.1, 0.15) is 29.7 Å². The van der Waals surface area contributed by atoms with Crippen molar-refractivity contribution in [1.82, 2.24) is 5.32 Å². The Morgan fingerprint density at radius 1 is 1.22 bits per heavy atom. The highest BCUT2D eigenvalue weighted by Gasteiger charge is 2.27. The van der Waals surface area contributed by atoms with Gasteiger partial charge in [-0.05, 0) is 50.6 Å². The fraction of sp³-hybridized carbons (Fsp3) is 0.538. The molecule has 0 bridgehead atoms. The zero-order valence-electron chi connectivity index (χ0n) is 11.4. The molecule has 0 radical (unpaired) electrons. The number of sulfone groups is 1. The van der Waals surface area contributed by atoms with E-state index in [0.717, 1.165) is 21.2 Å². The van der Waals surface area contributed by atoms with Crippen LogP contribution in [0.15, 0.2) is 16.6 Å². The lowest BCUT2D eigenvalue weighted by Gasteiger charge is -2.25. The first kappa shape index (κ1) is 15.7. The van der Waals surface area contributed by atoms with Gasteiger partial charge in [-0.1, -0.05) is 22.0 Å². The Bertz CT molecular complexity index is 540. The van der Waals surface area contributed by atoms with Gasteiger partial charge < -0.3 is 5.32 Å². The zero-order chi connectivity index (χ0) is 14.1. The van der Waals surface area contributed by atoms with Crippen molar-refractivity contribution in [2.24, 2.45) is 0 Å². The highest BCUT2D eigenvalue weighted by Crippen LogP contribution is 2.29. The van der Waals surface area contributed by atoms with Gasteiger partial charge in [0.1, 0.15) is 0 Å². The molecule has 0 aliphatic rings. The third-order valence-electron chi connectivity index (χ3n) is 3.34. The molecule has 1 aromatic rings. The molecule has 3 nitrogen and oxygen atoms in total. The highest BCUT2D eigenvalue weighted by molar-refractivity contribution is 9.10. The number of benzene rings is 1. The first-order chi connectivity index (χ1) is 8.18. The number of halogens is 1. The van der Waals surface area contributed by atoms with Crippen LogP contribution in [0.5, 0.6) is 0 Å². The van der Waals surface area contributed by atoms with Gasteiger partial charge in [0.2, 0.25) is 0 Å². The van der Waals surface area contributed by atoms with Crippen LogP contribution in [0, 0.1) is 13.8 Å². The van der Waals surface area contributed by atoms with Gasteiger partial charge in [0.05, 0.1) is 5.25 Å². The molecular formula is C13H20BrNO2S. The van der Waals surface area contributed by atoms with E-state index in [9.17, 15) is 8.42 Å². The van der Waals surface area contributed by atoms with Crippen molar-refractivity contribution in [3.05, 3.63) is 33.3 Å². The summed E-state index contributed by atoms with van der Waals surface area (Å²) in [5, 5.41) is 2.66. The van der Waals surface area contributed by atoms with E-state index in [4.69, 9.17) is 0 Å². The maximum absolute atomic E-state index is 11.7. The Morgan fingerprint density at radius 2 is 1.78 bits per heavy atom. The molecule has 0 spiro atoms. The molecule has 5 heteroatoms. The van der Waals surface area contributed by atoms with Gasteiger partial charge in [0.25, 0.3) is 0 Å². The van der Waals surface area contributed by atoms with Crippen molar-refractivity contribution < 1.29 is 8.42 Å². The van der Waals surface area contributed by atoms with Crippen LogP contribution < -0.4 is 5.32 Å². The minimum absolute atomic E-state index is 0.188. The molecule has 0 saturated heterocycles. The molecule has 0 aromatic heterocycles. The molecule has 0 heterocycles. The molecule has 2 atom stereocenters. The van der Waals surface area contributed by atoms with Crippen LogP contribution in [0.4, 0.5) is 0 Å². The summed E-state index contributed by atoms with van der Waals surface area (Å²) < 4.78 is 24.5. The minimum atomic E-state index is -3.08. The predicted octanol–water partition coefficient (Wildman–Crippen LogP) is 2.76. The van der Waals surface area contributed by atoms with Gasteiger partial charge in [0, 0.05) is 16.8 Å². The van der Waals surface area contributed by atoms with Crippen LogP contribution in [-0.2, 0) is 9.84 Å². The molecule has 1 aromatic carbocycles. The van der Waals surface area contributed by atoms with Gasteiger partial charge in [-0.25, -0.2) is 8.42 Å². The van der Waals surface area contributed by atoms with Crippen LogP contribution >= 0.6 is 15.9 Å². The molecule has 0 aliphatic carbocycles. The fourth-order valence-electron chi connectivity index (χ4n) is 2.03. The van der Waals surface area contributed by atoms with Gasteiger partial charge >= 0.3 is 0 Å². The molecule has 0 aliphatic heterocycles. The Balaban J connectivity index is 3.30. The monoisotopic (exact) mass is 333 g/mol. The highest BCUT2D eigenvalue weighted by atomic mass is 79.9. The molecule has 0 amide bonds. The number of rotatable bonds is 4. The SMILES string of the molecule is CNC(c1cc(C)c(Br)cc1C)C(C)S(C)(=O)=O. The second-order valence-electron chi connectivity index (χ2n) is 4.76. The zero-order valence-corrected chi connectivity index (χ0v) is 13.8. The number of nitrogens with one attached hydrogen (secondary N) is 1. The third-order valence-corrected chi connectivity index (χ3v) is 5.82. The van der Waals surface area contributed by atoms with E-state index in [0.29, 0.717) is 0 Å². The summed E-state index contributed by atoms with van der Waals surface area (Å²) >= 11 is 3.49. The minimum Gasteiger partial charge on any atom is -0.312 e. The number of aryl methyl sites for hydroxylation is 2. The van der Waals surface area contributed by atoms with E-state index < -0.39 is 15.1 Å². The lowest BCUT2D eigenvalue weighted by atomic mass is 9.97. The van der Waals surface area contributed by atoms with Gasteiger partial charge in [-0.2, -0.15) is 0 Å². The molecule has 1 N–H and O–H groups in total. The Kier molecular flexibility index (Phi) is 4.98. The second-order valence-corrected chi connectivity index (χ2v) is 8.02. The summed E-state index contributed by atoms with van der Waals surface area (Å²) in [4.78, 5) is 0. The third kappa shape index (κ3) is 3.33. The topological polar surface area (TPSA) is 46.2 Å². The van der Waals surface area contributed by atoms with E-state index >= 15 is 0 Å². The molecular weight excluding hydrogens is 314 g/mol. The van der Waals surface area contributed by atoms with E-state index in [1.54, 1.807) is 14.0 Å². The quantitative estimate of drug-likeness (QED) is 0.921. The van der Waals surface area contributed by atoms with Crippen LogP contribution in [0.3, 0.4) is 0 Å². The van der Waals surface area contributed by atoms with E-state index in [1.165, 1.54) is 6.26 Å². The summed E-state index contributed by atoms with van der Waals surface area (Å²) in [5.74, 6) is 0. The molecule has 2 unspecified atom stereocenters. The second kappa shape index (κ2) is 5.72. The van der Waals surface area contributed by atoms with E-state index in [-0.39, 0.29) is 6.04 Å². The maximum Gasteiger partial charge on any atom is 0.151 e. The fourth-order valence-corrected chi connectivity index (χ4v) is 3.26. The van der Waals surface area contributed by atoms with Crippen molar-refractivity contribution >= 4 is 25.8 Å². The molecule has 0 fully saturated rings. The maximum atomic E-state index is 11.7. The smallest absolute Gasteiger partial charge is 0.151 e. The summed E-state index contributed by atoms with van der Waals surface area (Å²) in [7, 11) is -1.28. The lowest BCUT2D eigenvalue weighted by molar-refractivity contribution is 0.533.